The van der Waals surface area contributed by atoms with Crippen LogP contribution in [0.15, 0.2) is 18.2 Å². The molecular weight excluding hydrogens is 250 g/mol. The molecule has 0 bridgehead atoms. The standard InChI is InChI=1S/C16H25N3O/c1-12(11-19-14(3)8-13(2)18-19)10-17-16(20)9-15-6-4-5-7-15/h4,6,8,12,15H,5,7,9-11H2,1-3H3,(H,17,20)/t12-,15+/m1/s1. The Morgan fingerprint density at radius 2 is 2.35 bits per heavy atom. The number of nitrogens with one attached hydrogen (secondary N) is 1. The summed E-state index contributed by atoms with van der Waals surface area (Å²) in [5.41, 5.74) is 2.23. The van der Waals surface area contributed by atoms with Gasteiger partial charge in [-0.3, -0.25) is 9.48 Å². The molecule has 1 N–H and O–H groups in total. The number of aromatic nitrogens is 2. The van der Waals surface area contributed by atoms with Crippen LogP contribution in [0.1, 0.15) is 37.6 Å². The first-order valence-electron chi connectivity index (χ1n) is 7.49. The summed E-state index contributed by atoms with van der Waals surface area (Å²) in [6.45, 7) is 7.78. The lowest BCUT2D eigenvalue weighted by Gasteiger charge is -2.15. The van der Waals surface area contributed by atoms with Gasteiger partial charge in [0.05, 0.1) is 5.69 Å². The molecule has 0 saturated heterocycles. The third-order valence-corrected chi connectivity index (χ3v) is 3.80. The topological polar surface area (TPSA) is 46.9 Å². The van der Waals surface area contributed by atoms with Crippen LogP contribution in [-0.2, 0) is 11.3 Å². The summed E-state index contributed by atoms with van der Waals surface area (Å²) in [4.78, 5) is 11.9. The molecule has 0 saturated carbocycles. The van der Waals surface area contributed by atoms with Crippen LogP contribution in [0.4, 0.5) is 0 Å². The molecule has 2 rings (SSSR count). The highest BCUT2D eigenvalue weighted by molar-refractivity contribution is 5.76. The maximum atomic E-state index is 11.9. The van der Waals surface area contributed by atoms with Crippen molar-refractivity contribution in [3.05, 3.63) is 29.6 Å². The Hall–Kier alpha value is -1.58. The van der Waals surface area contributed by atoms with E-state index in [1.807, 2.05) is 11.6 Å². The number of hydrogen-bond donors (Lipinski definition) is 1. The molecule has 1 aliphatic carbocycles. The van der Waals surface area contributed by atoms with Gasteiger partial charge in [-0.25, -0.2) is 0 Å². The maximum absolute atomic E-state index is 11.9. The zero-order valence-electron chi connectivity index (χ0n) is 12.7. The predicted molar refractivity (Wildman–Crippen MR) is 80.4 cm³/mol. The highest BCUT2D eigenvalue weighted by Gasteiger charge is 2.14. The molecule has 1 aromatic heterocycles. The minimum absolute atomic E-state index is 0.168. The van der Waals surface area contributed by atoms with Gasteiger partial charge in [-0.05, 0) is 44.6 Å². The van der Waals surface area contributed by atoms with Crippen molar-refractivity contribution in [2.75, 3.05) is 6.54 Å². The summed E-state index contributed by atoms with van der Waals surface area (Å²) in [5.74, 6) is 0.999. The van der Waals surface area contributed by atoms with Crippen LogP contribution in [0.3, 0.4) is 0 Å². The number of aryl methyl sites for hydroxylation is 2. The number of carbonyl (C=O) groups is 1. The molecule has 0 unspecified atom stereocenters. The molecule has 0 radical (unpaired) electrons. The van der Waals surface area contributed by atoms with Crippen LogP contribution in [0.25, 0.3) is 0 Å². The van der Waals surface area contributed by atoms with E-state index in [2.05, 4.69) is 42.5 Å². The van der Waals surface area contributed by atoms with Crippen molar-refractivity contribution in [1.29, 1.82) is 0 Å². The average molecular weight is 275 g/mol. The van der Waals surface area contributed by atoms with Gasteiger partial charge in [0.2, 0.25) is 5.91 Å². The van der Waals surface area contributed by atoms with E-state index >= 15 is 0 Å². The first-order valence-corrected chi connectivity index (χ1v) is 7.49. The van der Waals surface area contributed by atoms with E-state index in [9.17, 15) is 4.79 Å². The summed E-state index contributed by atoms with van der Waals surface area (Å²) in [6.07, 6.45) is 7.20. The second kappa shape index (κ2) is 6.73. The van der Waals surface area contributed by atoms with Gasteiger partial charge in [0.15, 0.2) is 0 Å². The number of carbonyl (C=O) groups excluding carboxylic acids is 1. The summed E-state index contributed by atoms with van der Waals surface area (Å²) < 4.78 is 2.02. The quantitative estimate of drug-likeness (QED) is 0.811. The minimum atomic E-state index is 0.168. The Kier molecular flexibility index (Phi) is 4.99. The van der Waals surface area contributed by atoms with E-state index < -0.39 is 0 Å². The largest absolute Gasteiger partial charge is 0.356 e. The van der Waals surface area contributed by atoms with Gasteiger partial charge in [0, 0.05) is 25.2 Å². The lowest BCUT2D eigenvalue weighted by Crippen LogP contribution is -2.31. The van der Waals surface area contributed by atoms with Gasteiger partial charge in [0.25, 0.3) is 0 Å². The van der Waals surface area contributed by atoms with Crippen molar-refractivity contribution in [2.24, 2.45) is 11.8 Å². The van der Waals surface area contributed by atoms with Gasteiger partial charge in [-0.15, -0.1) is 0 Å². The van der Waals surface area contributed by atoms with Crippen LogP contribution in [-0.4, -0.2) is 22.2 Å². The Balaban J connectivity index is 1.71. The molecule has 2 atom stereocenters. The van der Waals surface area contributed by atoms with E-state index in [1.165, 1.54) is 5.69 Å². The fourth-order valence-electron chi connectivity index (χ4n) is 2.68. The molecular formula is C16H25N3O. The second-order valence-electron chi connectivity index (χ2n) is 5.99. The SMILES string of the molecule is Cc1cc(C)n(C[C@H](C)CNC(=O)C[C@H]2C=CCC2)n1. The molecule has 110 valence electrons. The van der Waals surface area contributed by atoms with E-state index in [1.54, 1.807) is 0 Å². The Morgan fingerprint density at radius 3 is 2.95 bits per heavy atom. The van der Waals surface area contributed by atoms with Gasteiger partial charge < -0.3 is 5.32 Å². The lowest BCUT2D eigenvalue weighted by atomic mass is 10.0. The van der Waals surface area contributed by atoms with E-state index in [4.69, 9.17) is 0 Å². The van der Waals surface area contributed by atoms with E-state index in [0.717, 1.165) is 25.1 Å². The number of rotatable bonds is 6. The number of hydrogen-bond acceptors (Lipinski definition) is 2. The van der Waals surface area contributed by atoms with Gasteiger partial charge in [-0.1, -0.05) is 19.1 Å². The molecule has 20 heavy (non-hydrogen) atoms. The molecule has 0 spiro atoms. The van der Waals surface area contributed by atoms with Crippen molar-refractivity contribution < 1.29 is 4.79 Å². The molecule has 1 aromatic rings. The molecule has 1 amide bonds. The zero-order valence-corrected chi connectivity index (χ0v) is 12.7. The normalized spacial score (nSPS) is 19.2. The van der Waals surface area contributed by atoms with E-state index in [0.29, 0.717) is 24.8 Å². The fourth-order valence-corrected chi connectivity index (χ4v) is 2.68. The Bertz CT molecular complexity index is 490. The highest BCUT2D eigenvalue weighted by atomic mass is 16.1. The average Bonchev–Trinajstić information content (AvgIpc) is 2.98. The minimum Gasteiger partial charge on any atom is -0.356 e. The Labute approximate surface area is 121 Å². The van der Waals surface area contributed by atoms with Crippen molar-refractivity contribution >= 4 is 5.91 Å². The summed E-state index contributed by atoms with van der Waals surface area (Å²) in [6, 6.07) is 2.08. The third-order valence-electron chi connectivity index (χ3n) is 3.80. The van der Waals surface area contributed by atoms with E-state index in [-0.39, 0.29) is 5.91 Å². The maximum Gasteiger partial charge on any atom is 0.220 e. The second-order valence-corrected chi connectivity index (χ2v) is 5.99. The third kappa shape index (κ3) is 4.22. The van der Waals surface area contributed by atoms with Crippen LogP contribution >= 0.6 is 0 Å². The Morgan fingerprint density at radius 1 is 1.55 bits per heavy atom. The van der Waals surface area contributed by atoms with Crippen LogP contribution in [0.5, 0.6) is 0 Å². The van der Waals surface area contributed by atoms with Crippen molar-refractivity contribution in [1.82, 2.24) is 15.1 Å². The summed E-state index contributed by atoms with van der Waals surface area (Å²) in [5, 5.41) is 7.50. The first-order chi connectivity index (χ1) is 9.54. The predicted octanol–water partition coefficient (Wildman–Crippen LogP) is 2.61. The zero-order chi connectivity index (χ0) is 14.5. The number of nitrogens with zero attached hydrogens (tertiary/aromatic N) is 2. The van der Waals surface area contributed by atoms with Gasteiger partial charge >= 0.3 is 0 Å². The molecule has 4 nitrogen and oxygen atoms in total. The van der Waals surface area contributed by atoms with Crippen LogP contribution in [0, 0.1) is 25.7 Å². The number of allylic oxidation sites excluding steroid dienone is 2. The van der Waals surface area contributed by atoms with Gasteiger partial charge in [-0.2, -0.15) is 5.10 Å². The lowest BCUT2D eigenvalue weighted by molar-refractivity contribution is -0.121. The molecule has 0 aromatic carbocycles. The molecule has 1 heterocycles. The van der Waals surface area contributed by atoms with Crippen molar-refractivity contribution in [2.45, 2.75) is 46.6 Å². The molecule has 0 aliphatic heterocycles. The molecule has 1 aliphatic rings. The molecule has 4 heteroatoms. The smallest absolute Gasteiger partial charge is 0.220 e. The fraction of sp³-hybridized carbons (Fsp3) is 0.625. The molecule has 0 fully saturated rings. The van der Waals surface area contributed by atoms with Crippen LogP contribution < -0.4 is 5.32 Å². The summed E-state index contributed by atoms with van der Waals surface area (Å²) in [7, 11) is 0. The summed E-state index contributed by atoms with van der Waals surface area (Å²) >= 11 is 0. The first kappa shape index (κ1) is 14.8. The van der Waals surface area contributed by atoms with Gasteiger partial charge in [0.1, 0.15) is 0 Å². The highest BCUT2D eigenvalue weighted by Crippen LogP contribution is 2.19. The van der Waals surface area contributed by atoms with Crippen LogP contribution in [0.2, 0.25) is 0 Å². The van der Waals surface area contributed by atoms with Crippen molar-refractivity contribution in [3.63, 3.8) is 0 Å². The monoisotopic (exact) mass is 275 g/mol. The number of amides is 1. The van der Waals surface area contributed by atoms with Crippen molar-refractivity contribution in [3.8, 4) is 0 Å².